The van der Waals surface area contributed by atoms with Gasteiger partial charge in [0, 0.05) is 10.0 Å². The van der Waals surface area contributed by atoms with E-state index in [0.29, 0.717) is 17.9 Å². The predicted molar refractivity (Wildman–Crippen MR) is 123 cm³/mol. The van der Waals surface area contributed by atoms with E-state index in [1.807, 2.05) is 61.5 Å². The Hall–Kier alpha value is -2.38. The molecular formula is C22H20Br2N2O3. The van der Waals surface area contributed by atoms with Crippen molar-refractivity contribution in [1.82, 2.24) is 5.43 Å². The second-order valence-corrected chi connectivity index (χ2v) is 7.94. The van der Waals surface area contributed by atoms with Crippen LogP contribution in [0.4, 0.5) is 0 Å². The largest absolute Gasteiger partial charge is 0.496 e. The number of nitrogens with one attached hydrogen (secondary N) is 1. The summed E-state index contributed by atoms with van der Waals surface area (Å²) >= 11 is 7.00. The second-order valence-electron chi connectivity index (χ2n) is 6.23. The highest BCUT2D eigenvalue weighted by atomic mass is 79.9. The van der Waals surface area contributed by atoms with E-state index in [9.17, 15) is 4.79 Å². The topological polar surface area (TPSA) is 59.9 Å². The molecule has 0 fully saturated rings. The third-order valence-electron chi connectivity index (χ3n) is 4.33. The van der Waals surface area contributed by atoms with Crippen LogP contribution in [0.3, 0.4) is 0 Å². The summed E-state index contributed by atoms with van der Waals surface area (Å²) < 4.78 is 13.0. The minimum Gasteiger partial charge on any atom is -0.496 e. The highest BCUT2D eigenvalue weighted by Gasteiger charge is 2.19. The van der Waals surface area contributed by atoms with Gasteiger partial charge in [0.05, 0.1) is 17.8 Å². The Morgan fingerprint density at radius 2 is 1.90 bits per heavy atom. The minimum absolute atomic E-state index is 0.322. The molecule has 1 N–H and O–H groups in total. The van der Waals surface area contributed by atoms with Crippen molar-refractivity contribution < 1.29 is 14.3 Å². The summed E-state index contributed by atoms with van der Waals surface area (Å²) in [5.41, 5.74) is 3.29. The molecule has 29 heavy (non-hydrogen) atoms. The maximum atomic E-state index is 12.6. The van der Waals surface area contributed by atoms with Crippen LogP contribution < -0.4 is 14.9 Å². The molecule has 3 aromatic rings. The maximum absolute atomic E-state index is 12.6. The Labute approximate surface area is 186 Å². The molecule has 0 radical (unpaired) electrons. The maximum Gasteiger partial charge on any atom is 0.281 e. The van der Waals surface area contributed by atoms with Crippen molar-refractivity contribution in [2.75, 3.05) is 7.11 Å². The molecule has 1 atom stereocenters. The molecule has 3 aromatic carbocycles. The molecule has 3 rings (SSSR count). The van der Waals surface area contributed by atoms with Gasteiger partial charge < -0.3 is 9.47 Å². The Kier molecular flexibility index (Phi) is 7.28. The number of methoxy groups -OCH3 is 1. The number of nitrogens with zero attached hydrogens (tertiary/aromatic N) is 1. The number of hydrazone groups is 1. The first-order chi connectivity index (χ1) is 14.0. The van der Waals surface area contributed by atoms with E-state index in [2.05, 4.69) is 42.4 Å². The van der Waals surface area contributed by atoms with Crippen molar-refractivity contribution in [3.05, 3.63) is 69.1 Å². The molecule has 0 bridgehead atoms. The van der Waals surface area contributed by atoms with Crippen molar-refractivity contribution >= 4 is 54.8 Å². The molecule has 0 heterocycles. The molecule has 5 nitrogen and oxygen atoms in total. The summed E-state index contributed by atoms with van der Waals surface area (Å²) in [6.45, 7) is 1.89. The van der Waals surface area contributed by atoms with Gasteiger partial charge in [-0.2, -0.15) is 5.10 Å². The first kappa shape index (κ1) is 21.3. The van der Waals surface area contributed by atoms with Gasteiger partial charge in [-0.15, -0.1) is 0 Å². The Balaban J connectivity index is 1.71. The average molecular weight is 520 g/mol. The first-order valence-corrected chi connectivity index (χ1v) is 10.6. The Morgan fingerprint density at radius 1 is 1.14 bits per heavy atom. The van der Waals surface area contributed by atoms with Crippen molar-refractivity contribution in [3.8, 4) is 11.5 Å². The quantitative estimate of drug-likeness (QED) is 0.322. The monoisotopic (exact) mass is 518 g/mol. The van der Waals surface area contributed by atoms with Crippen molar-refractivity contribution in [2.45, 2.75) is 19.4 Å². The van der Waals surface area contributed by atoms with Crippen LogP contribution in [-0.2, 0) is 4.79 Å². The molecule has 0 spiro atoms. The second kappa shape index (κ2) is 9.89. The number of ether oxygens (including phenoxy) is 2. The van der Waals surface area contributed by atoms with E-state index >= 15 is 0 Å². The van der Waals surface area contributed by atoms with Crippen LogP contribution in [0.5, 0.6) is 11.5 Å². The predicted octanol–water partition coefficient (Wildman–Crippen LogP) is 5.68. The number of hydrogen-bond acceptors (Lipinski definition) is 4. The fourth-order valence-electron chi connectivity index (χ4n) is 2.82. The normalized spacial score (nSPS) is 12.1. The van der Waals surface area contributed by atoms with Gasteiger partial charge in [-0.3, -0.25) is 4.79 Å². The van der Waals surface area contributed by atoms with Crippen LogP contribution in [0.1, 0.15) is 18.9 Å². The lowest BCUT2D eigenvalue weighted by molar-refractivity contribution is -0.128. The summed E-state index contributed by atoms with van der Waals surface area (Å²) in [6.07, 6.45) is 1.37. The van der Waals surface area contributed by atoms with Gasteiger partial charge in [0.25, 0.3) is 5.91 Å². The van der Waals surface area contributed by atoms with E-state index in [-0.39, 0.29) is 5.91 Å². The zero-order valence-electron chi connectivity index (χ0n) is 16.0. The molecule has 0 saturated heterocycles. The highest BCUT2D eigenvalue weighted by molar-refractivity contribution is 9.11. The fraction of sp³-hybridized carbons (Fsp3) is 0.182. The minimum atomic E-state index is -0.672. The molecular weight excluding hydrogens is 500 g/mol. The molecule has 0 aliphatic carbocycles. The molecule has 0 saturated carbocycles. The zero-order chi connectivity index (χ0) is 20.8. The Morgan fingerprint density at radius 3 is 2.66 bits per heavy atom. The van der Waals surface area contributed by atoms with E-state index in [1.165, 1.54) is 0 Å². The number of hydrogen-bond donors (Lipinski definition) is 1. The molecule has 7 heteroatoms. The van der Waals surface area contributed by atoms with Gasteiger partial charge in [-0.05, 0) is 57.4 Å². The van der Waals surface area contributed by atoms with Gasteiger partial charge in [0.1, 0.15) is 11.5 Å². The fourth-order valence-corrected chi connectivity index (χ4v) is 3.79. The number of carbonyl (C=O) groups excluding carboxylic acids is 1. The van der Waals surface area contributed by atoms with Crippen LogP contribution in [0, 0.1) is 0 Å². The number of rotatable bonds is 7. The molecule has 0 aliphatic rings. The molecule has 150 valence electrons. The first-order valence-electron chi connectivity index (χ1n) is 9.03. The van der Waals surface area contributed by atoms with Crippen molar-refractivity contribution in [2.24, 2.45) is 5.10 Å². The lowest BCUT2D eigenvalue weighted by Crippen LogP contribution is -2.35. The average Bonchev–Trinajstić information content (AvgIpc) is 2.73. The number of fused-ring (bicyclic) bond motifs is 1. The van der Waals surface area contributed by atoms with Crippen molar-refractivity contribution in [3.63, 3.8) is 0 Å². The van der Waals surface area contributed by atoms with Gasteiger partial charge in [-0.1, -0.05) is 53.2 Å². The van der Waals surface area contributed by atoms with E-state index in [4.69, 9.17) is 9.47 Å². The van der Waals surface area contributed by atoms with Crippen LogP contribution in [0.2, 0.25) is 0 Å². The van der Waals surface area contributed by atoms with Gasteiger partial charge in [0.2, 0.25) is 0 Å². The summed E-state index contributed by atoms with van der Waals surface area (Å²) in [5, 5.41) is 6.18. The summed E-state index contributed by atoms with van der Waals surface area (Å²) in [7, 11) is 1.58. The van der Waals surface area contributed by atoms with Gasteiger partial charge in [-0.25, -0.2) is 5.43 Å². The van der Waals surface area contributed by atoms with Crippen LogP contribution >= 0.6 is 31.9 Å². The molecule has 0 unspecified atom stereocenters. The Bertz CT molecular complexity index is 1050. The van der Waals surface area contributed by atoms with Crippen LogP contribution in [0.15, 0.2) is 68.6 Å². The zero-order valence-corrected chi connectivity index (χ0v) is 19.2. The molecule has 0 aromatic heterocycles. The smallest absolute Gasteiger partial charge is 0.281 e. The van der Waals surface area contributed by atoms with E-state index in [0.717, 1.165) is 25.3 Å². The van der Waals surface area contributed by atoms with E-state index in [1.54, 1.807) is 13.3 Å². The van der Waals surface area contributed by atoms with Gasteiger partial charge in [0.15, 0.2) is 6.10 Å². The lowest BCUT2D eigenvalue weighted by atomic mass is 10.1. The number of carbonyl (C=O) groups is 1. The molecule has 0 aliphatic heterocycles. The van der Waals surface area contributed by atoms with Gasteiger partial charge >= 0.3 is 0 Å². The summed E-state index contributed by atoms with van der Waals surface area (Å²) in [4.78, 5) is 12.6. The summed E-state index contributed by atoms with van der Waals surface area (Å²) in [5.74, 6) is 0.954. The number of amides is 1. The third kappa shape index (κ3) is 5.16. The number of halogens is 2. The lowest BCUT2D eigenvalue weighted by Gasteiger charge is -2.17. The third-order valence-corrected chi connectivity index (χ3v) is 5.64. The molecule has 1 amide bonds. The summed E-state index contributed by atoms with van der Waals surface area (Å²) in [6, 6.07) is 17.4. The van der Waals surface area contributed by atoms with Crippen LogP contribution in [-0.4, -0.2) is 25.3 Å². The highest BCUT2D eigenvalue weighted by Crippen LogP contribution is 2.33. The van der Waals surface area contributed by atoms with Crippen LogP contribution in [0.25, 0.3) is 10.8 Å². The standard InChI is InChI=1S/C22H20Br2N2O3/c1-3-18(29-20-10-8-14-6-4-5-7-17(14)21(20)24)22(27)26-25-13-15-12-16(23)9-11-19(15)28-2/h4-13,18H,3H2,1-2H3,(H,26,27)/b25-13-/t18-/m1/s1. The SMILES string of the molecule is CC[C@@H](Oc1ccc2ccccc2c1Br)C(=O)N/N=C\c1cc(Br)ccc1OC. The van der Waals surface area contributed by atoms with Crippen molar-refractivity contribution in [1.29, 1.82) is 0 Å². The number of benzene rings is 3. The van der Waals surface area contributed by atoms with E-state index < -0.39 is 6.10 Å².